The van der Waals surface area contributed by atoms with E-state index in [0.717, 1.165) is 11.1 Å². The zero-order valence-corrected chi connectivity index (χ0v) is 16.4. The van der Waals surface area contributed by atoms with Crippen LogP contribution >= 0.6 is 0 Å². The molecule has 0 bridgehead atoms. The third-order valence-corrected chi connectivity index (χ3v) is 4.41. The standard InChI is InChI=1S/C24H24N2O3/c1-19(27)26(17-24(28)25-16-20-8-4-2-5-9-20)22-12-14-23(15-13-22)29-18-21-10-6-3-7-11-21/h2-15H,16-18H2,1H3,(H,25,28). The normalized spacial score (nSPS) is 10.2. The summed E-state index contributed by atoms with van der Waals surface area (Å²) >= 11 is 0. The molecule has 0 spiro atoms. The lowest BCUT2D eigenvalue weighted by molar-refractivity contribution is -0.123. The Morgan fingerprint density at radius 2 is 1.41 bits per heavy atom. The summed E-state index contributed by atoms with van der Waals surface area (Å²) in [5.41, 5.74) is 2.74. The van der Waals surface area contributed by atoms with E-state index < -0.39 is 0 Å². The van der Waals surface area contributed by atoms with Gasteiger partial charge in [-0.15, -0.1) is 0 Å². The van der Waals surface area contributed by atoms with Crippen molar-refractivity contribution in [2.24, 2.45) is 0 Å². The lowest BCUT2D eigenvalue weighted by atomic mass is 10.2. The van der Waals surface area contributed by atoms with Crippen LogP contribution in [0, 0.1) is 0 Å². The monoisotopic (exact) mass is 388 g/mol. The summed E-state index contributed by atoms with van der Waals surface area (Å²) in [6.45, 7) is 2.31. The third kappa shape index (κ3) is 6.21. The van der Waals surface area contributed by atoms with Crippen LogP contribution in [-0.4, -0.2) is 18.4 Å². The van der Waals surface area contributed by atoms with Gasteiger partial charge >= 0.3 is 0 Å². The second-order valence-corrected chi connectivity index (χ2v) is 6.64. The van der Waals surface area contributed by atoms with Crippen LogP contribution in [-0.2, 0) is 22.7 Å². The van der Waals surface area contributed by atoms with Gasteiger partial charge in [-0.25, -0.2) is 0 Å². The number of rotatable bonds is 8. The van der Waals surface area contributed by atoms with Gasteiger partial charge in [0.2, 0.25) is 11.8 Å². The van der Waals surface area contributed by atoms with Gasteiger partial charge in [0.25, 0.3) is 0 Å². The Kier molecular flexibility index (Phi) is 7.00. The number of carbonyl (C=O) groups excluding carboxylic acids is 2. The molecule has 0 aliphatic heterocycles. The Bertz CT molecular complexity index is 925. The number of nitrogens with zero attached hydrogens (tertiary/aromatic N) is 1. The Balaban J connectivity index is 1.56. The summed E-state index contributed by atoms with van der Waals surface area (Å²) < 4.78 is 5.77. The van der Waals surface area contributed by atoms with E-state index >= 15 is 0 Å². The van der Waals surface area contributed by atoms with Gasteiger partial charge in [-0.05, 0) is 35.4 Å². The van der Waals surface area contributed by atoms with Crippen LogP contribution in [0.5, 0.6) is 5.75 Å². The summed E-state index contributed by atoms with van der Waals surface area (Å²) in [6.07, 6.45) is 0. The molecule has 148 valence electrons. The fourth-order valence-corrected chi connectivity index (χ4v) is 2.84. The maximum atomic E-state index is 12.3. The number of hydrogen-bond donors (Lipinski definition) is 1. The van der Waals surface area contributed by atoms with Crippen molar-refractivity contribution in [3.63, 3.8) is 0 Å². The second kappa shape index (κ2) is 10.1. The summed E-state index contributed by atoms with van der Waals surface area (Å²) in [6, 6.07) is 26.7. The summed E-state index contributed by atoms with van der Waals surface area (Å²) in [7, 11) is 0. The van der Waals surface area contributed by atoms with E-state index in [2.05, 4.69) is 5.32 Å². The minimum absolute atomic E-state index is 0.0353. The molecule has 5 heteroatoms. The molecule has 0 fully saturated rings. The molecule has 0 saturated carbocycles. The number of benzene rings is 3. The topological polar surface area (TPSA) is 58.6 Å². The predicted molar refractivity (Wildman–Crippen MR) is 114 cm³/mol. The minimum Gasteiger partial charge on any atom is -0.489 e. The lowest BCUT2D eigenvalue weighted by Crippen LogP contribution is -2.39. The molecule has 0 radical (unpaired) electrons. The van der Waals surface area contributed by atoms with Gasteiger partial charge in [-0.1, -0.05) is 60.7 Å². The highest BCUT2D eigenvalue weighted by molar-refractivity contribution is 5.97. The highest BCUT2D eigenvalue weighted by Crippen LogP contribution is 2.20. The van der Waals surface area contributed by atoms with Crippen molar-refractivity contribution in [2.45, 2.75) is 20.1 Å². The van der Waals surface area contributed by atoms with E-state index in [0.29, 0.717) is 24.6 Å². The molecule has 3 aromatic rings. The van der Waals surface area contributed by atoms with Gasteiger partial charge < -0.3 is 15.0 Å². The number of carbonyl (C=O) groups is 2. The van der Waals surface area contributed by atoms with Crippen molar-refractivity contribution in [2.75, 3.05) is 11.4 Å². The van der Waals surface area contributed by atoms with Gasteiger partial charge in [-0.3, -0.25) is 9.59 Å². The first-order valence-corrected chi connectivity index (χ1v) is 9.47. The molecule has 5 nitrogen and oxygen atoms in total. The van der Waals surface area contributed by atoms with E-state index in [9.17, 15) is 9.59 Å². The van der Waals surface area contributed by atoms with Crippen molar-refractivity contribution >= 4 is 17.5 Å². The number of nitrogens with one attached hydrogen (secondary N) is 1. The molecule has 0 heterocycles. The molecule has 0 aliphatic rings. The molecule has 1 N–H and O–H groups in total. The first-order valence-electron chi connectivity index (χ1n) is 9.47. The second-order valence-electron chi connectivity index (χ2n) is 6.64. The third-order valence-electron chi connectivity index (χ3n) is 4.41. The molecule has 3 aromatic carbocycles. The van der Waals surface area contributed by atoms with Crippen molar-refractivity contribution in [1.82, 2.24) is 5.32 Å². The quantitative estimate of drug-likeness (QED) is 0.636. The molecule has 3 rings (SSSR count). The molecule has 0 saturated heterocycles. The molecular formula is C24H24N2O3. The maximum Gasteiger partial charge on any atom is 0.240 e. The highest BCUT2D eigenvalue weighted by Gasteiger charge is 2.15. The average molecular weight is 388 g/mol. The number of amides is 2. The van der Waals surface area contributed by atoms with E-state index in [1.54, 1.807) is 24.3 Å². The van der Waals surface area contributed by atoms with Gasteiger partial charge in [0.15, 0.2) is 0 Å². The summed E-state index contributed by atoms with van der Waals surface area (Å²) in [5, 5.41) is 2.85. The highest BCUT2D eigenvalue weighted by atomic mass is 16.5. The van der Waals surface area contributed by atoms with Crippen LogP contribution in [0.3, 0.4) is 0 Å². The molecule has 0 unspecified atom stereocenters. The van der Waals surface area contributed by atoms with Crippen LogP contribution in [0.15, 0.2) is 84.9 Å². The smallest absolute Gasteiger partial charge is 0.240 e. The summed E-state index contributed by atoms with van der Waals surface area (Å²) in [5.74, 6) is 0.293. The number of ether oxygens (including phenoxy) is 1. The Labute approximate surface area is 170 Å². The molecule has 29 heavy (non-hydrogen) atoms. The van der Waals surface area contributed by atoms with Crippen LogP contribution in [0.4, 0.5) is 5.69 Å². The first-order chi connectivity index (χ1) is 14.1. The number of anilines is 1. The fraction of sp³-hybridized carbons (Fsp3) is 0.167. The van der Waals surface area contributed by atoms with E-state index in [4.69, 9.17) is 4.74 Å². The van der Waals surface area contributed by atoms with Gasteiger partial charge in [0.05, 0.1) is 0 Å². The maximum absolute atomic E-state index is 12.3. The van der Waals surface area contributed by atoms with Gasteiger partial charge in [0.1, 0.15) is 18.9 Å². The summed E-state index contributed by atoms with van der Waals surface area (Å²) in [4.78, 5) is 25.8. The van der Waals surface area contributed by atoms with Gasteiger partial charge in [-0.2, -0.15) is 0 Å². The van der Waals surface area contributed by atoms with E-state index in [1.807, 2.05) is 60.7 Å². The van der Waals surface area contributed by atoms with Crippen LogP contribution < -0.4 is 15.0 Å². The zero-order chi connectivity index (χ0) is 20.5. The van der Waals surface area contributed by atoms with E-state index in [-0.39, 0.29) is 18.4 Å². The SMILES string of the molecule is CC(=O)N(CC(=O)NCc1ccccc1)c1ccc(OCc2ccccc2)cc1. The predicted octanol–water partition coefficient (Wildman–Crippen LogP) is 3.93. The Morgan fingerprint density at radius 1 is 0.828 bits per heavy atom. The molecule has 0 atom stereocenters. The van der Waals surface area contributed by atoms with Crippen molar-refractivity contribution in [1.29, 1.82) is 0 Å². The minimum atomic E-state index is -0.214. The zero-order valence-electron chi connectivity index (χ0n) is 16.4. The molecule has 0 aliphatic carbocycles. The van der Waals surface area contributed by atoms with Crippen molar-refractivity contribution < 1.29 is 14.3 Å². The molecular weight excluding hydrogens is 364 g/mol. The Hall–Kier alpha value is -3.60. The molecule has 2 amide bonds. The van der Waals surface area contributed by atoms with Crippen molar-refractivity contribution in [3.05, 3.63) is 96.1 Å². The largest absolute Gasteiger partial charge is 0.489 e. The average Bonchev–Trinajstić information content (AvgIpc) is 2.76. The number of hydrogen-bond acceptors (Lipinski definition) is 3. The van der Waals surface area contributed by atoms with Crippen LogP contribution in [0.1, 0.15) is 18.1 Å². The van der Waals surface area contributed by atoms with Gasteiger partial charge in [0, 0.05) is 19.2 Å². The van der Waals surface area contributed by atoms with Crippen LogP contribution in [0.25, 0.3) is 0 Å². The lowest BCUT2D eigenvalue weighted by Gasteiger charge is -2.21. The molecule has 0 aromatic heterocycles. The van der Waals surface area contributed by atoms with Crippen LogP contribution in [0.2, 0.25) is 0 Å². The Morgan fingerprint density at radius 3 is 2.00 bits per heavy atom. The first kappa shape index (κ1) is 20.1. The van der Waals surface area contributed by atoms with Crippen molar-refractivity contribution in [3.8, 4) is 5.75 Å². The van der Waals surface area contributed by atoms with E-state index in [1.165, 1.54) is 11.8 Å². The fourth-order valence-electron chi connectivity index (χ4n) is 2.84.